The molecule has 1 aliphatic heterocycles. The van der Waals surface area contributed by atoms with Gasteiger partial charge in [0.1, 0.15) is 23.9 Å². The van der Waals surface area contributed by atoms with Crippen LogP contribution in [0.15, 0.2) is 41.5 Å². The molecule has 2 heterocycles. The molecule has 1 aliphatic rings. The van der Waals surface area contributed by atoms with E-state index < -0.39 is 23.4 Å². The minimum absolute atomic E-state index is 0.151. The zero-order valence-electron chi connectivity index (χ0n) is 17.1. The van der Waals surface area contributed by atoms with E-state index in [1.54, 1.807) is 18.2 Å². The second-order valence-corrected chi connectivity index (χ2v) is 7.48. The molecule has 0 spiro atoms. The molecule has 8 nitrogen and oxygen atoms in total. The predicted octanol–water partition coefficient (Wildman–Crippen LogP) is 3.51. The summed E-state index contributed by atoms with van der Waals surface area (Å²) in [6.07, 6.45) is 0. The van der Waals surface area contributed by atoms with Crippen LogP contribution >= 0.6 is 0 Å². The van der Waals surface area contributed by atoms with Crippen molar-refractivity contribution in [1.29, 1.82) is 0 Å². The molecule has 0 aliphatic carbocycles. The molecule has 31 heavy (non-hydrogen) atoms. The number of hydrogen-bond acceptors (Lipinski definition) is 5. The van der Waals surface area contributed by atoms with Crippen LogP contribution in [0, 0.1) is 11.6 Å². The molecule has 0 saturated carbocycles. The Morgan fingerprint density at radius 2 is 2.00 bits per heavy atom. The number of Topliss-reactive ketones (excluding diaryl/α,β-unsaturated/α-hetero) is 1. The Balaban J connectivity index is 1.53. The normalized spacial score (nSPS) is 13.8. The number of nitrogens with zero attached hydrogens (tertiary/aromatic N) is 4. The lowest BCUT2D eigenvalue weighted by atomic mass is 10.1. The van der Waals surface area contributed by atoms with Crippen molar-refractivity contribution in [3.8, 4) is 0 Å². The van der Waals surface area contributed by atoms with Crippen LogP contribution in [-0.4, -0.2) is 52.1 Å². The topological polar surface area (TPSA) is 93.7 Å². The molecular weight excluding hydrogens is 406 g/mol. The smallest absolute Gasteiger partial charge is 0.342 e. The number of carbonyl (C=O) groups is 2. The number of benzene rings is 2. The monoisotopic (exact) mass is 426 g/mol. The maximum atomic E-state index is 14.0. The van der Waals surface area contributed by atoms with Gasteiger partial charge in [-0.2, -0.15) is 5.10 Å². The Labute approximate surface area is 176 Å². The first kappa shape index (κ1) is 20.5. The number of hydrazone groups is 1. The van der Waals surface area contributed by atoms with Gasteiger partial charge >= 0.3 is 6.03 Å². The number of hydrogen-bond donors (Lipinski definition) is 2. The van der Waals surface area contributed by atoms with E-state index in [2.05, 4.69) is 20.4 Å². The predicted molar refractivity (Wildman–Crippen MR) is 113 cm³/mol. The summed E-state index contributed by atoms with van der Waals surface area (Å²) < 4.78 is 27.1. The molecule has 0 saturated heterocycles. The van der Waals surface area contributed by atoms with Crippen molar-refractivity contribution < 1.29 is 18.4 Å². The van der Waals surface area contributed by atoms with E-state index in [4.69, 9.17) is 0 Å². The molecule has 2 aromatic carbocycles. The van der Waals surface area contributed by atoms with Gasteiger partial charge in [-0.3, -0.25) is 4.79 Å². The highest BCUT2D eigenvalue weighted by Gasteiger charge is 2.31. The zero-order valence-corrected chi connectivity index (χ0v) is 17.1. The number of nitrogens with one attached hydrogen (secondary N) is 2. The van der Waals surface area contributed by atoms with Crippen molar-refractivity contribution in [2.75, 3.05) is 23.8 Å². The highest BCUT2D eigenvalue weighted by molar-refractivity contribution is 6.48. The van der Waals surface area contributed by atoms with Crippen LogP contribution in [0.5, 0.6) is 0 Å². The maximum absolute atomic E-state index is 14.0. The first-order chi connectivity index (χ1) is 14.7. The third-order valence-corrected chi connectivity index (χ3v) is 5.03. The van der Waals surface area contributed by atoms with Crippen LogP contribution in [0.25, 0.3) is 11.0 Å². The Morgan fingerprint density at radius 1 is 1.23 bits per heavy atom. The quantitative estimate of drug-likeness (QED) is 0.668. The van der Waals surface area contributed by atoms with Crippen LogP contribution in [0.1, 0.15) is 19.4 Å². The maximum Gasteiger partial charge on any atom is 0.342 e. The van der Waals surface area contributed by atoms with Gasteiger partial charge < -0.3 is 15.2 Å². The second kappa shape index (κ2) is 7.78. The average molecular weight is 426 g/mol. The molecule has 0 fully saturated rings. The number of H-pyrrole nitrogens is 1. The van der Waals surface area contributed by atoms with Gasteiger partial charge in [-0.1, -0.05) is 0 Å². The average Bonchev–Trinajstić information content (AvgIpc) is 3.30. The number of anilines is 2. The largest absolute Gasteiger partial charge is 0.343 e. The van der Waals surface area contributed by atoms with E-state index in [0.29, 0.717) is 17.7 Å². The summed E-state index contributed by atoms with van der Waals surface area (Å²) in [4.78, 5) is 34.5. The van der Waals surface area contributed by atoms with Crippen molar-refractivity contribution in [3.05, 3.63) is 53.6 Å². The van der Waals surface area contributed by atoms with E-state index in [1.165, 1.54) is 0 Å². The van der Waals surface area contributed by atoms with Crippen molar-refractivity contribution in [1.82, 2.24) is 15.0 Å². The number of ketones is 1. The summed E-state index contributed by atoms with van der Waals surface area (Å²) in [6, 6.07) is 7.59. The number of urea groups is 1. The summed E-state index contributed by atoms with van der Waals surface area (Å²) in [5.74, 6) is -1.51. The van der Waals surface area contributed by atoms with E-state index in [9.17, 15) is 18.4 Å². The zero-order chi connectivity index (χ0) is 22.3. The number of aromatic amines is 1. The summed E-state index contributed by atoms with van der Waals surface area (Å²) >= 11 is 0. The lowest BCUT2D eigenvalue weighted by Crippen LogP contribution is -2.30. The number of fused-ring (bicyclic) bond motifs is 1. The summed E-state index contributed by atoms with van der Waals surface area (Å²) in [5, 5.41) is 7.51. The number of amides is 2. The highest BCUT2D eigenvalue weighted by atomic mass is 19.1. The number of imidazole rings is 1. The van der Waals surface area contributed by atoms with E-state index >= 15 is 0 Å². The number of carbonyl (C=O) groups excluding carboxylic acids is 2. The minimum atomic E-state index is -0.916. The van der Waals surface area contributed by atoms with E-state index in [0.717, 1.165) is 28.2 Å². The lowest BCUT2D eigenvalue weighted by molar-refractivity contribution is -0.112. The van der Waals surface area contributed by atoms with Crippen LogP contribution in [0.3, 0.4) is 0 Å². The number of rotatable bonds is 4. The Morgan fingerprint density at radius 3 is 2.71 bits per heavy atom. The van der Waals surface area contributed by atoms with Gasteiger partial charge in [0.05, 0.1) is 11.0 Å². The molecule has 0 unspecified atom stereocenters. The van der Waals surface area contributed by atoms with Crippen molar-refractivity contribution in [2.45, 2.75) is 19.9 Å². The highest BCUT2D eigenvalue weighted by Crippen LogP contribution is 2.22. The molecule has 0 bridgehead atoms. The number of halogens is 2. The Bertz CT molecular complexity index is 1220. The Kier molecular flexibility index (Phi) is 5.14. The molecule has 0 atom stereocenters. The van der Waals surface area contributed by atoms with E-state index in [1.807, 2.05) is 25.8 Å². The SMILES string of the molecule is CC(C)N(C)c1nc2ccc(NC(=O)N3CC(=O)C(c4ccc(F)cc4F)=N3)cc2[nH]1. The third-order valence-electron chi connectivity index (χ3n) is 5.03. The molecule has 2 N–H and O–H groups in total. The molecule has 1 aromatic heterocycles. The third kappa shape index (κ3) is 3.96. The molecule has 10 heteroatoms. The molecular formula is C21H20F2N6O2. The molecule has 2 amide bonds. The lowest BCUT2D eigenvalue weighted by Gasteiger charge is -2.19. The van der Waals surface area contributed by atoms with Gasteiger partial charge in [0.2, 0.25) is 11.7 Å². The van der Waals surface area contributed by atoms with Crippen LogP contribution in [0.4, 0.5) is 25.2 Å². The summed E-state index contributed by atoms with van der Waals surface area (Å²) in [7, 11) is 1.93. The fourth-order valence-electron chi connectivity index (χ4n) is 3.10. The van der Waals surface area contributed by atoms with Crippen molar-refractivity contribution in [2.24, 2.45) is 5.10 Å². The van der Waals surface area contributed by atoms with E-state index in [-0.39, 0.29) is 23.9 Å². The van der Waals surface area contributed by atoms with Crippen LogP contribution in [-0.2, 0) is 4.79 Å². The van der Waals surface area contributed by atoms with Gasteiger partial charge in [-0.05, 0) is 44.2 Å². The van der Waals surface area contributed by atoms with Gasteiger partial charge in [0.15, 0.2) is 0 Å². The fraction of sp³-hybridized carbons (Fsp3) is 0.238. The van der Waals surface area contributed by atoms with Gasteiger partial charge in [0.25, 0.3) is 0 Å². The van der Waals surface area contributed by atoms with Crippen LogP contribution < -0.4 is 10.2 Å². The van der Waals surface area contributed by atoms with Gasteiger partial charge in [-0.15, -0.1) is 0 Å². The minimum Gasteiger partial charge on any atom is -0.343 e. The van der Waals surface area contributed by atoms with Crippen LogP contribution in [0.2, 0.25) is 0 Å². The fourth-order valence-corrected chi connectivity index (χ4v) is 3.10. The van der Waals surface area contributed by atoms with Crippen molar-refractivity contribution in [3.63, 3.8) is 0 Å². The van der Waals surface area contributed by atoms with Gasteiger partial charge in [-0.25, -0.2) is 23.6 Å². The molecule has 4 rings (SSSR count). The van der Waals surface area contributed by atoms with Crippen molar-refractivity contribution >= 4 is 40.2 Å². The molecule has 160 valence electrons. The Hall–Kier alpha value is -3.82. The number of aromatic nitrogens is 2. The first-order valence-corrected chi connectivity index (χ1v) is 9.61. The molecule has 3 aromatic rings. The molecule has 0 radical (unpaired) electrons. The standard InChI is InChI=1S/C21H20F2N6O2/c1-11(2)28(3)20-25-16-7-5-13(9-17(16)26-20)24-21(31)29-10-18(30)19(27-29)14-6-4-12(22)8-15(14)23/h4-9,11H,10H2,1-3H3,(H,24,31)(H,25,26). The first-order valence-electron chi connectivity index (χ1n) is 9.61. The summed E-state index contributed by atoms with van der Waals surface area (Å²) in [5.41, 5.74) is 1.57. The van der Waals surface area contributed by atoms with Gasteiger partial charge in [0, 0.05) is 30.4 Å². The summed E-state index contributed by atoms with van der Waals surface area (Å²) in [6.45, 7) is 3.75. The second-order valence-electron chi connectivity index (χ2n) is 7.48.